The van der Waals surface area contributed by atoms with Crippen LogP contribution < -0.4 is 0 Å². The van der Waals surface area contributed by atoms with E-state index in [-0.39, 0.29) is 5.56 Å². The Morgan fingerprint density at radius 1 is 1.14 bits per heavy atom. The zero-order valence-corrected chi connectivity index (χ0v) is 11.7. The Kier molecular flexibility index (Phi) is 5.10. The first-order chi connectivity index (χ1) is 10.1. The van der Waals surface area contributed by atoms with Gasteiger partial charge in [-0.2, -0.15) is 0 Å². The molecule has 0 saturated carbocycles. The van der Waals surface area contributed by atoms with Gasteiger partial charge in [-0.3, -0.25) is 9.88 Å². The Morgan fingerprint density at radius 2 is 1.86 bits per heavy atom. The lowest BCUT2D eigenvalue weighted by Crippen LogP contribution is -2.48. The summed E-state index contributed by atoms with van der Waals surface area (Å²) in [6.07, 6.45) is 2.24. The van der Waals surface area contributed by atoms with Crippen LogP contribution in [0.15, 0.2) is 18.3 Å². The van der Waals surface area contributed by atoms with Crippen LogP contribution in [0.25, 0.3) is 0 Å². The minimum atomic E-state index is -0.967. The number of pyridine rings is 1. The summed E-state index contributed by atoms with van der Waals surface area (Å²) in [7, 11) is 0. The van der Waals surface area contributed by atoms with Gasteiger partial charge < -0.3 is 15.1 Å². The molecule has 2 N–H and O–H groups in total. The molecule has 0 aliphatic carbocycles. The fourth-order valence-electron chi connectivity index (χ4n) is 2.35. The van der Waals surface area contributed by atoms with Gasteiger partial charge in [0.1, 0.15) is 0 Å². The molecule has 1 aromatic rings. The van der Waals surface area contributed by atoms with Crippen molar-refractivity contribution in [1.29, 1.82) is 0 Å². The Labute approximate surface area is 122 Å². The molecule has 2 heterocycles. The van der Waals surface area contributed by atoms with Crippen molar-refractivity contribution < 1.29 is 19.8 Å². The van der Waals surface area contributed by atoms with E-state index in [4.69, 9.17) is 10.2 Å². The number of aryl methyl sites for hydroxylation is 1. The summed E-state index contributed by atoms with van der Waals surface area (Å²) in [5.41, 5.74) is 1.08. The average molecular weight is 293 g/mol. The van der Waals surface area contributed by atoms with Crippen LogP contribution in [0.4, 0.5) is 4.79 Å². The van der Waals surface area contributed by atoms with Crippen LogP contribution in [0, 0.1) is 0 Å². The Balaban J connectivity index is 1.70. The number of hydrogen-bond donors (Lipinski definition) is 2. The van der Waals surface area contributed by atoms with E-state index in [1.165, 1.54) is 11.1 Å². The number of amides is 1. The topological polar surface area (TPSA) is 94.0 Å². The van der Waals surface area contributed by atoms with Gasteiger partial charge in [0.05, 0.1) is 5.56 Å². The third-order valence-electron chi connectivity index (χ3n) is 3.62. The molecular formula is C14H19N3O4. The Morgan fingerprint density at radius 3 is 2.38 bits per heavy atom. The lowest BCUT2D eigenvalue weighted by Gasteiger charge is -2.32. The molecule has 0 radical (unpaired) electrons. The van der Waals surface area contributed by atoms with Gasteiger partial charge in [-0.05, 0) is 31.5 Å². The summed E-state index contributed by atoms with van der Waals surface area (Å²) < 4.78 is 0. The predicted octanol–water partition coefficient (Wildman–Crippen LogP) is 1.01. The van der Waals surface area contributed by atoms with Crippen molar-refractivity contribution in [3.63, 3.8) is 0 Å². The molecule has 0 spiro atoms. The molecule has 21 heavy (non-hydrogen) atoms. The highest BCUT2D eigenvalue weighted by Gasteiger charge is 2.19. The number of aromatic nitrogens is 1. The number of piperazine rings is 1. The van der Waals surface area contributed by atoms with E-state index in [0.717, 1.165) is 38.2 Å². The smallest absolute Gasteiger partial charge is 0.407 e. The molecule has 0 atom stereocenters. The second-order valence-corrected chi connectivity index (χ2v) is 5.06. The maximum atomic E-state index is 10.8. The van der Waals surface area contributed by atoms with Crippen molar-refractivity contribution in [3.05, 3.63) is 29.6 Å². The normalized spacial score (nSPS) is 15.9. The molecule has 7 nitrogen and oxygen atoms in total. The van der Waals surface area contributed by atoms with Crippen molar-refractivity contribution >= 4 is 12.1 Å². The van der Waals surface area contributed by atoms with Crippen LogP contribution in [0.3, 0.4) is 0 Å². The van der Waals surface area contributed by atoms with Gasteiger partial charge in [-0.1, -0.05) is 0 Å². The summed E-state index contributed by atoms with van der Waals surface area (Å²) in [4.78, 5) is 29.3. The maximum Gasteiger partial charge on any atom is 0.407 e. The lowest BCUT2D eigenvalue weighted by molar-refractivity contribution is 0.0696. The van der Waals surface area contributed by atoms with Crippen LogP contribution in [0.1, 0.15) is 22.5 Å². The maximum absolute atomic E-state index is 10.8. The first-order valence-corrected chi connectivity index (χ1v) is 6.94. The van der Waals surface area contributed by atoms with Crippen LogP contribution in [0.2, 0.25) is 0 Å². The molecule has 0 aromatic carbocycles. The van der Waals surface area contributed by atoms with Gasteiger partial charge in [0.15, 0.2) is 0 Å². The lowest BCUT2D eigenvalue weighted by atomic mass is 10.2. The Bertz CT molecular complexity index is 495. The van der Waals surface area contributed by atoms with Crippen LogP contribution in [-0.2, 0) is 6.42 Å². The molecule has 0 unspecified atom stereocenters. The van der Waals surface area contributed by atoms with Gasteiger partial charge in [0, 0.05) is 38.1 Å². The number of carbonyl (C=O) groups is 2. The second kappa shape index (κ2) is 7.03. The standard InChI is InChI=1S/C14H19N3O4/c18-13(19)11-3-4-12(15-10-11)2-1-5-16-6-8-17(9-7-16)14(20)21/h3-4,10H,1-2,5-9H2,(H,18,19)(H,20,21). The molecule has 7 heteroatoms. The summed E-state index contributed by atoms with van der Waals surface area (Å²) in [5, 5.41) is 17.7. The summed E-state index contributed by atoms with van der Waals surface area (Å²) in [6.45, 7) is 3.53. The van der Waals surface area contributed by atoms with Crippen molar-refractivity contribution in [2.45, 2.75) is 12.8 Å². The predicted molar refractivity (Wildman–Crippen MR) is 75.6 cm³/mol. The summed E-state index contributed by atoms with van der Waals surface area (Å²) >= 11 is 0. The van der Waals surface area contributed by atoms with E-state index < -0.39 is 12.1 Å². The van der Waals surface area contributed by atoms with Crippen LogP contribution in [0.5, 0.6) is 0 Å². The van der Waals surface area contributed by atoms with Crippen molar-refractivity contribution in [2.24, 2.45) is 0 Å². The van der Waals surface area contributed by atoms with Gasteiger partial charge >= 0.3 is 12.1 Å². The van der Waals surface area contributed by atoms with Gasteiger partial charge in [-0.25, -0.2) is 9.59 Å². The molecule has 1 amide bonds. The summed E-state index contributed by atoms with van der Waals surface area (Å²) in [5.74, 6) is -0.967. The first-order valence-electron chi connectivity index (χ1n) is 6.94. The molecule has 1 aromatic heterocycles. The highest BCUT2D eigenvalue weighted by molar-refractivity contribution is 5.87. The number of rotatable bonds is 5. The van der Waals surface area contributed by atoms with Gasteiger partial charge in [-0.15, -0.1) is 0 Å². The second-order valence-electron chi connectivity index (χ2n) is 5.06. The molecule has 2 rings (SSSR count). The van der Waals surface area contributed by atoms with Crippen LogP contribution >= 0.6 is 0 Å². The fraction of sp³-hybridized carbons (Fsp3) is 0.500. The largest absolute Gasteiger partial charge is 0.478 e. The number of carboxylic acid groups (broad SMARTS) is 2. The van der Waals surface area contributed by atoms with Crippen LogP contribution in [-0.4, -0.2) is 69.8 Å². The highest BCUT2D eigenvalue weighted by Crippen LogP contribution is 2.06. The molecule has 1 saturated heterocycles. The summed E-state index contributed by atoms with van der Waals surface area (Å²) in [6, 6.07) is 3.31. The number of nitrogens with zero attached hydrogens (tertiary/aromatic N) is 3. The van der Waals surface area contributed by atoms with E-state index in [1.807, 2.05) is 0 Å². The molecular weight excluding hydrogens is 274 g/mol. The van der Waals surface area contributed by atoms with E-state index in [9.17, 15) is 9.59 Å². The molecule has 1 fully saturated rings. The first kappa shape index (κ1) is 15.2. The van der Waals surface area contributed by atoms with Gasteiger partial charge in [0.2, 0.25) is 0 Å². The number of aromatic carboxylic acids is 1. The SMILES string of the molecule is O=C(O)c1ccc(CCCN2CCN(C(=O)O)CC2)nc1. The minimum Gasteiger partial charge on any atom is -0.478 e. The highest BCUT2D eigenvalue weighted by atomic mass is 16.4. The van der Waals surface area contributed by atoms with Crippen molar-refractivity contribution in [2.75, 3.05) is 32.7 Å². The van der Waals surface area contributed by atoms with E-state index in [1.54, 1.807) is 12.1 Å². The van der Waals surface area contributed by atoms with Crippen molar-refractivity contribution in [3.8, 4) is 0 Å². The monoisotopic (exact) mass is 293 g/mol. The zero-order chi connectivity index (χ0) is 15.2. The van der Waals surface area contributed by atoms with E-state index >= 15 is 0 Å². The quantitative estimate of drug-likeness (QED) is 0.841. The number of carboxylic acids is 1. The number of hydrogen-bond acceptors (Lipinski definition) is 4. The average Bonchev–Trinajstić information content (AvgIpc) is 2.48. The minimum absolute atomic E-state index is 0.198. The van der Waals surface area contributed by atoms with E-state index in [0.29, 0.717) is 13.1 Å². The Hall–Kier alpha value is -2.15. The third kappa shape index (κ3) is 4.42. The fourth-order valence-corrected chi connectivity index (χ4v) is 2.35. The third-order valence-corrected chi connectivity index (χ3v) is 3.62. The van der Waals surface area contributed by atoms with E-state index in [2.05, 4.69) is 9.88 Å². The molecule has 1 aliphatic heterocycles. The molecule has 0 bridgehead atoms. The molecule has 1 aliphatic rings. The molecule has 114 valence electrons. The van der Waals surface area contributed by atoms with Gasteiger partial charge in [0.25, 0.3) is 0 Å². The van der Waals surface area contributed by atoms with Crippen molar-refractivity contribution in [1.82, 2.24) is 14.8 Å². The zero-order valence-electron chi connectivity index (χ0n) is 11.7.